The van der Waals surface area contributed by atoms with Gasteiger partial charge in [0.2, 0.25) is 5.91 Å². The fraction of sp³-hybridized carbons (Fsp3) is 0.611. The highest BCUT2D eigenvalue weighted by Crippen LogP contribution is 2.40. The van der Waals surface area contributed by atoms with Gasteiger partial charge in [-0.25, -0.2) is 0 Å². The highest BCUT2D eigenvalue weighted by Gasteiger charge is 2.40. The SMILES string of the molecule is CC(Sc1ccccc1Cl)C(=O)NC1C2CCCC1CC(N)C2. The van der Waals surface area contributed by atoms with Crippen LogP contribution in [0.5, 0.6) is 0 Å². The number of rotatable bonds is 4. The third-order valence-electron chi connectivity index (χ3n) is 5.20. The molecular formula is C18H25ClN2OS. The lowest BCUT2D eigenvalue weighted by atomic mass is 9.67. The average molecular weight is 353 g/mol. The van der Waals surface area contributed by atoms with E-state index < -0.39 is 0 Å². The number of hydrogen-bond acceptors (Lipinski definition) is 3. The average Bonchev–Trinajstić information content (AvgIpc) is 2.50. The minimum absolute atomic E-state index is 0.118. The molecule has 1 aromatic carbocycles. The second-order valence-corrected chi connectivity index (χ2v) is 8.70. The maximum Gasteiger partial charge on any atom is 0.233 e. The Hall–Kier alpha value is -0.710. The zero-order valence-electron chi connectivity index (χ0n) is 13.5. The summed E-state index contributed by atoms with van der Waals surface area (Å²) in [6.07, 6.45) is 5.77. The summed E-state index contributed by atoms with van der Waals surface area (Å²) in [6.45, 7) is 1.95. The second-order valence-electron chi connectivity index (χ2n) is 6.91. The van der Waals surface area contributed by atoms with E-state index >= 15 is 0 Å². The molecular weight excluding hydrogens is 328 g/mol. The van der Waals surface area contributed by atoms with Crippen molar-refractivity contribution in [2.45, 2.75) is 61.3 Å². The first-order chi connectivity index (χ1) is 11.0. The smallest absolute Gasteiger partial charge is 0.233 e. The van der Waals surface area contributed by atoms with Crippen LogP contribution in [0.3, 0.4) is 0 Å². The molecule has 3 rings (SSSR count). The number of halogens is 1. The minimum atomic E-state index is -0.147. The third-order valence-corrected chi connectivity index (χ3v) is 6.81. The number of carbonyl (C=O) groups is 1. The summed E-state index contributed by atoms with van der Waals surface area (Å²) < 4.78 is 0. The van der Waals surface area contributed by atoms with Crippen LogP contribution in [-0.2, 0) is 4.79 Å². The first-order valence-corrected chi connectivity index (χ1v) is 9.77. The lowest BCUT2D eigenvalue weighted by Gasteiger charge is -2.45. The zero-order valence-corrected chi connectivity index (χ0v) is 15.1. The molecule has 2 bridgehead atoms. The number of amides is 1. The quantitative estimate of drug-likeness (QED) is 0.809. The minimum Gasteiger partial charge on any atom is -0.352 e. The molecule has 1 aromatic rings. The molecule has 126 valence electrons. The van der Waals surface area contributed by atoms with Crippen LogP contribution in [0.25, 0.3) is 0 Å². The van der Waals surface area contributed by atoms with E-state index in [0.29, 0.717) is 28.9 Å². The monoisotopic (exact) mass is 352 g/mol. The van der Waals surface area contributed by atoms with Crippen LogP contribution in [0.4, 0.5) is 0 Å². The summed E-state index contributed by atoms with van der Waals surface area (Å²) in [5.41, 5.74) is 6.17. The Morgan fingerprint density at radius 1 is 1.30 bits per heavy atom. The number of fused-ring (bicyclic) bond motifs is 2. The fourth-order valence-electron chi connectivity index (χ4n) is 4.09. The summed E-state index contributed by atoms with van der Waals surface area (Å²) >= 11 is 7.72. The molecule has 2 aliphatic carbocycles. The van der Waals surface area contributed by atoms with Gasteiger partial charge in [0.15, 0.2) is 0 Å². The van der Waals surface area contributed by atoms with Crippen LogP contribution in [0, 0.1) is 11.8 Å². The van der Waals surface area contributed by atoms with Crippen molar-refractivity contribution in [3.05, 3.63) is 29.3 Å². The standard InChI is InChI=1S/C18H25ClN2OS/c1-11(23-16-8-3-2-7-15(16)19)18(22)21-17-12-5-4-6-13(17)10-14(20)9-12/h2-3,7-8,11-14,17H,4-6,9-10,20H2,1H3,(H,21,22). The van der Waals surface area contributed by atoms with Crippen molar-refractivity contribution in [1.82, 2.24) is 5.32 Å². The molecule has 0 heterocycles. The zero-order chi connectivity index (χ0) is 16.4. The summed E-state index contributed by atoms with van der Waals surface area (Å²) in [5, 5.41) is 3.88. The molecule has 3 atom stereocenters. The predicted molar refractivity (Wildman–Crippen MR) is 96.7 cm³/mol. The van der Waals surface area contributed by atoms with Crippen LogP contribution >= 0.6 is 23.4 Å². The number of nitrogens with one attached hydrogen (secondary N) is 1. The number of benzene rings is 1. The van der Waals surface area contributed by atoms with E-state index in [-0.39, 0.29) is 11.2 Å². The molecule has 0 aromatic heterocycles. The van der Waals surface area contributed by atoms with Crippen molar-refractivity contribution in [3.8, 4) is 0 Å². The van der Waals surface area contributed by atoms with Gasteiger partial charge < -0.3 is 11.1 Å². The van der Waals surface area contributed by atoms with Gasteiger partial charge in [0.1, 0.15) is 0 Å². The van der Waals surface area contributed by atoms with Crippen molar-refractivity contribution >= 4 is 29.3 Å². The summed E-state index contributed by atoms with van der Waals surface area (Å²) in [6, 6.07) is 8.31. The first-order valence-electron chi connectivity index (χ1n) is 8.51. The van der Waals surface area contributed by atoms with Gasteiger partial charge in [0.05, 0.1) is 10.3 Å². The molecule has 1 amide bonds. The van der Waals surface area contributed by atoms with Gasteiger partial charge in [-0.05, 0) is 56.6 Å². The van der Waals surface area contributed by atoms with Gasteiger partial charge in [0, 0.05) is 17.0 Å². The van der Waals surface area contributed by atoms with Gasteiger partial charge in [-0.1, -0.05) is 30.2 Å². The summed E-state index contributed by atoms with van der Waals surface area (Å²) in [7, 11) is 0. The van der Waals surface area contributed by atoms with E-state index in [1.54, 1.807) is 0 Å². The van der Waals surface area contributed by atoms with Gasteiger partial charge in [-0.3, -0.25) is 4.79 Å². The normalized spacial score (nSPS) is 31.4. The summed E-state index contributed by atoms with van der Waals surface area (Å²) in [5.74, 6) is 1.23. The molecule has 2 aliphatic rings. The lowest BCUT2D eigenvalue weighted by Crippen LogP contribution is -2.54. The lowest BCUT2D eigenvalue weighted by molar-refractivity contribution is -0.122. The van der Waals surface area contributed by atoms with E-state index in [1.165, 1.54) is 31.0 Å². The second kappa shape index (κ2) is 7.45. The molecule has 0 aliphatic heterocycles. The van der Waals surface area contributed by atoms with Crippen LogP contribution in [0.15, 0.2) is 29.2 Å². The van der Waals surface area contributed by atoms with Crippen molar-refractivity contribution in [2.24, 2.45) is 17.6 Å². The third kappa shape index (κ3) is 4.04. The van der Waals surface area contributed by atoms with Crippen LogP contribution < -0.4 is 11.1 Å². The molecule has 23 heavy (non-hydrogen) atoms. The molecule has 0 radical (unpaired) electrons. The Morgan fingerprint density at radius 3 is 2.61 bits per heavy atom. The Bertz CT molecular complexity index is 554. The van der Waals surface area contributed by atoms with Crippen LogP contribution in [0.1, 0.15) is 39.0 Å². The first kappa shape index (κ1) is 17.1. The van der Waals surface area contributed by atoms with Crippen LogP contribution in [0.2, 0.25) is 5.02 Å². The Kier molecular flexibility index (Phi) is 5.55. The Morgan fingerprint density at radius 2 is 1.96 bits per heavy atom. The van der Waals surface area contributed by atoms with Crippen molar-refractivity contribution < 1.29 is 4.79 Å². The van der Waals surface area contributed by atoms with E-state index in [4.69, 9.17) is 17.3 Å². The predicted octanol–water partition coefficient (Wildman–Crippen LogP) is 3.84. The van der Waals surface area contributed by atoms with Gasteiger partial charge in [-0.15, -0.1) is 11.8 Å². The van der Waals surface area contributed by atoms with E-state index in [9.17, 15) is 4.79 Å². The molecule has 2 saturated carbocycles. The maximum absolute atomic E-state index is 12.6. The molecule has 5 heteroatoms. The van der Waals surface area contributed by atoms with Crippen molar-refractivity contribution in [1.29, 1.82) is 0 Å². The highest BCUT2D eigenvalue weighted by atomic mass is 35.5. The maximum atomic E-state index is 12.6. The van der Waals surface area contributed by atoms with Crippen LogP contribution in [-0.4, -0.2) is 23.2 Å². The number of nitrogens with two attached hydrogens (primary N) is 1. The molecule has 0 spiro atoms. The molecule has 3 unspecified atom stereocenters. The van der Waals surface area contributed by atoms with Crippen molar-refractivity contribution in [2.75, 3.05) is 0 Å². The number of carbonyl (C=O) groups excluding carboxylic acids is 1. The highest BCUT2D eigenvalue weighted by molar-refractivity contribution is 8.00. The summed E-state index contributed by atoms with van der Waals surface area (Å²) in [4.78, 5) is 13.6. The van der Waals surface area contributed by atoms with E-state index in [2.05, 4.69) is 5.32 Å². The Labute approximate surface area is 147 Å². The molecule has 0 saturated heterocycles. The van der Waals surface area contributed by atoms with Crippen molar-refractivity contribution in [3.63, 3.8) is 0 Å². The number of hydrogen-bond donors (Lipinski definition) is 2. The largest absolute Gasteiger partial charge is 0.352 e. The Balaban J connectivity index is 1.61. The topological polar surface area (TPSA) is 55.1 Å². The molecule has 2 fully saturated rings. The molecule has 3 nitrogen and oxygen atoms in total. The van der Waals surface area contributed by atoms with E-state index in [0.717, 1.165) is 17.7 Å². The fourth-order valence-corrected chi connectivity index (χ4v) is 5.25. The molecule has 3 N–H and O–H groups in total. The van der Waals surface area contributed by atoms with Gasteiger partial charge in [-0.2, -0.15) is 0 Å². The van der Waals surface area contributed by atoms with Gasteiger partial charge >= 0.3 is 0 Å². The van der Waals surface area contributed by atoms with E-state index in [1.807, 2.05) is 31.2 Å². The van der Waals surface area contributed by atoms with Gasteiger partial charge in [0.25, 0.3) is 0 Å². The number of thioether (sulfide) groups is 1.